The molecule has 0 bridgehead atoms. The maximum Gasteiger partial charge on any atom is 0.221 e. The van der Waals surface area contributed by atoms with E-state index in [4.69, 9.17) is 9.47 Å². The van der Waals surface area contributed by atoms with Crippen LogP contribution in [-0.4, -0.2) is 44.6 Å². The Bertz CT molecular complexity index is 911. The van der Waals surface area contributed by atoms with E-state index in [9.17, 15) is 4.79 Å². The molecule has 2 N–H and O–H groups in total. The van der Waals surface area contributed by atoms with Gasteiger partial charge < -0.3 is 25.0 Å². The second-order valence-corrected chi connectivity index (χ2v) is 6.93. The summed E-state index contributed by atoms with van der Waals surface area (Å²) in [6.07, 6.45) is 0.911. The number of fused-ring (bicyclic) bond motifs is 1. The molecule has 0 atom stereocenters. The fourth-order valence-corrected chi connectivity index (χ4v) is 3.54. The fraction of sp³-hybridized carbons (Fsp3) is 0.364. The molecule has 7 heteroatoms. The molecule has 0 aromatic heterocycles. The standard InChI is InChI=1S/C22H28N4O3/c1-15(27)25-19-7-5-6-16(10-19)13-24-22(23-2)26-9-8-17-11-20(28-3)21(29-4)12-18(17)14-26/h5-7,10-12H,8-9,13-14H2,1-4H3,(H,23,24)(H,25,27). The van der Waals surface area contributed by atoms with Crippen molar-refractivity contribution in [2.45, 2.75) is 26.4 Å². The smallest absolute Gasteiger partial charge is 0.221 e. The fourth-order valence-electron chi connectivity index (χ4n) is 3.54. The van der Waals surface area contributed by atoms with Crippen LogP contribution in [0.2, 0.25) is 0 Å². The predicted molar refractivity (Wildman–Crippen MR) is 115 cm³/mol. The zero-order valence-electron chi connectivity index (χ0n) is 17.4. The van der Waals surface area contributed by atoms with Crippen LogP contribution in [0.15, 0.2) is 41.4 Å². The van der Waals surface area contributed by atoms with Crippen LogP contribution in [0.1, 0.15) is 23.6 Å². The van der Waals surface area contributed by atoms with E-state index in [-0.39, 0.29) is 5.91 Å². The number of aliphatic imine (C=N–C) groups is 1. The van der Waals surface area contributed by atoms with Crippen molar-refractivity contribution in [3.8, 4) is 11.5 Å². The third kappa shape index (κ3) is 4.99. The lowest BCUT2D eigenvalue weighted by Gasteiger charge is -2.32. The second-order valence-electron chi connectivity index (χ2n) is 6.93. The first-order valence-corrected chi connectivity index (χ1v) is 9.60. The first kappa shape index (κ1) is 20.5. The number of anilines is 1. The van der Waals surface area contributed by atoms with Crippen LogP contribution < -0.4 is 20.1 Å². The van der Waals surface area contributed by atoms with Gasteiger partial charge in [-0.3, -0.25) is 9.79 Å². The van der Waals surface area contributed by atoms with Gasteiger partial charge in [-0.05, 0) is 47.4 Å². The average Bonchev–Trinajstić information content (AvgIpc) is 2.72. The van der Waals surface area contributed by atoms with Crippen LogP contribution in [0, 0.1) is 0 Å². The van der Waals surface area contributed by atoms with Crippen molar-refractivity contribution in [3.63, 3.8) is 0 Å². The zero-order chi connectivity index (χ0) is 20.8. The number of carbonyl (C=O) groups excluding carboxylic acids is 1. The highest BCUT2D eigenvalue weighted by atomic mass is 16.5. The number of carbonyl (C=O) groups is 1. The Labute approximate surface area is 171 Å². The van der Waals surface area contributed by atoms with Gasteiger partial charge in [-0.15, -0.1) is 0 Å². The number of ether oxygens (including phenoxy) is 2. The molecule has 2 aromatic carbocycles. The first-order chi connectivity index (χ1) is 14.0. The number of nitrogens with zero attached hydrogens (tertiary/aromatic N) is 2. The summed E-state index contributed by atoms with van der Waals surface area (Å²) in [5, 5.41) is 6.24. The minimum Gasteiger partial charge on any atom is -0.493 e. The van der Waals surface area contributed by atoms with Gasteiger partial charge in [0.25, 0.3) is 0 Å². The number of hydrogen-bond acceptors (Lipinski definition) is 4. The number of guanidine groups is 1. The number of nitrogens with one attached hydrogen (secondary N) is 2. The van der Waals surface area contributed by atoms with Gasteiger partial charge in [-0.1, -0.05) is 12.1 Å². The van der Waals surface area contributed by atoms with Gasteiger partial charge >= 0.3 is 0 Å². The Kier molecular flexibility index (Phi) is 6.59. The van der Waals surface area contributed by atoms with Crippen LogP contribution in [-0.2, 0) is 24.3 Å². The maximum atomic E-state index is 11.3. The lowest BCUT2D eigenvalue weighted by atomic mass is 9.99. The van der Waals surface area contributed by atoms with Crippen molar-refractivity contribution >= 4 is 17.6 Å². The molecule has 1 aliphatic rings. The van der Waals surface area contributed by atoms with E-state index in [0.717, 1.165) is 48.2 Å². The summed E-state index contributed by atoms with van der Waals surface area (Å²) in [6, 6.07) is 11.9. The molecule has 154 valence electrons. The molecule has 29 heavy (non-hydrogen) atoms. The molecule has 7 nitrogen and oxygen atoms in total. The van der Waals surface area contributed by atoms with Crippen LogP contribution in [0.5, 0.6) is 11.5 Å². The predicted octanol–water partition coefficient (Wildman–Crippen LogP) is 2.80. The molecule has 0 spiro atoms. The lowest BCUT2D eigenvalue weighted by molar-refractivity contribution is -0.114. The summed E-state index contributed by atoms with van der Waals surface area (Å²) in [6.45, 7) is 3.75. The second kappa shape index (κ2) is 9.32. The molecule has 3 rings (SSSR count). The largest absolute Gasteiger partial charge is 0.493 e. The molecule has 1 aliphatic heterocycles. The minimum absolute atomic E-state index is 0.0787. The number of hydrogen-bond donors (Lipinski definition) is 2. The lowest BCUT2D eigenvalue weighted by Crippen LogP contribution is -2.43. The van der Waals surface area contributed by atoms with Crippen LogP contribution in [0.25, 0.3) is 0 Å². The zero-order valence-corrected chi connectivity index (χ0v) is 17.4. The van der Waals surface area contributed by atoms with Gasteiger partial charge in [0, 0.05) is 39.3 Å². The Balaban J connectivity index is 1.68. The van der Waals surface area contributed by atoms with Crippen molar-refractivity contribution in [1.82, 2.24) is 10.2 Å². The monoisotopic (exact) mass is 396 g/mol. The Morgan fingerprint density at radius 2 is 1.86 bits per heavy atom. The van der Waals surface area contributed by atoms with E-state index in [1.54, 1.807) is 21.3 Å². The van der Waals surface area contributed by atoms with E-state index in [1.165, 1.54) is 18.1 Å². The molecule has 0 aliphatic carbocycles. The van der Waals surface area contributed by atoms with E-state index in [0.29, 0.717) is 6.54 Å². The highest BCUT2D eigenvalue weighted by molar-refractivity contribution is 5.88. The van der Waals surface area contributed by atoms with Crippen LogP contribution in [0.3, 0.4) is 0 Å². The van der Waals surface area contributed by atoms with Crippen molar-refractivity contribution in [2.75, 3.05) is 33.1 Å². The summed E-state index contributed by atoms with van der Waals surface area (Å²) in [7, 11) is 5.10. The third-order valence-corrected chi connectivity index (χ3v) is 4.93. The molecule has 1 heterocycles. The van der Waals surface area contributed by atoms with Gasteiger partial charge in [-0.25, -0.2) is 0 Å². The molecule has 0 radical (unpaired) electrons. The number of rotatable bonds is 5. The van der Waals surface area contributed by atoms with Gasteiger partial charge in [-0.2, -0.15) is 0 Å². The Morgan fingerprint density at radius 3 is 2.52 bits per heavy atom. The van der Waals surface area contributed by atoms with Gasteiger partial charge in [0.2, 0.25) is 5.91 Å². The van der Waals surface area contributed by atoms with Gasteiger partial charge in [0.05, 0.1) is 14.2 Å². The van der Waals surface area contributed by atoms with Crippen molar-refractivity contribution in [2.24, 2.45) is 4.99 Å². The molecule has 0 saturated carbocycles. The SMILES string of the molecule is CN=C(NCc1cccc(NC(C)=O)c1)N1CCc2cc(OC)c(OC)cc2C1. The van der Waals surface area contributed by atoms with E-state index < -0.39 is 0 Å². The minimum atomic E-state index is -0.0787. The van der Waals surface area contributed by atoms with E-state index >= 15 is 0 Å². The molecule has 0 fully saturated rings. The number of amides is 1. The maximum absolute atomic E-state index is 11.3. The van der Waals surface area contributed by atoms with Crippen molar-refractivity contribution in [3.05, 3.63) is 53.1 Å². The topological polar surface area (TPSA) is 75.2 Å². The molecule has 0 unspecified atom stereocenters. The van der Waals surface area contributed by atoms with E-state index in [2.05, 4.69) is 26.6 Å². The van der Waals surface area contributed by atoms with Crippen molar-refractivity contribution in [1.29, 1.82) is 0 Å². The summed E-state index contributed by atoms with van der Waals surface area (Å²) >= 11 is 0. The summed E-state index contributed by atoms with van der Waals surface area (Å²) in [5.41, 5.74) is 4.35. The highest BCUT2D eigenvalue weighted by Gasteiger charge is 2.21. The Hall–Kier alpha value is -3.22. The molecular formula is C22H28N4O3. The number of methoxy groups -OCH3 is 2. The van der Waals surface area contributed by atoms with Gasteiger partial charge in [0.1, 0.15) is 0 Å². The Morgan fingerprint density at radius 1 is 1.14 bits per heavy atom. The van der Waals surface area contributed by atoms with Crippen molar-refractivity contribution < 1.29 is 14.3 Å². The quantitative estimate of drug-likeness (QED) is 0.600. The third-order valence-electron chi connectivity index (χ3n) is 4.93. The molecule has 2 aromatic rings. The summed E-state index contributed by atoms with van der Waals surface area (Å²) < 4.78 is 10.9. The first-order valence-electron chi connectivity index (χ1n) is 9.60. The summed E-state index contributed by atoms with van der Waals surface area (Å²) in [4.78, 5) is 17.9. The average molecular weight is 396 g/mol. The molecular weight excluding hydrogens is 368 g/mol. The highest BCUT2D eigenvalue weighted by Crippen LogP contribution is 2.33. The van der Waals surface area contributed by atoms with E-state index in [1.807, 2.05) is 30.3 Å². The molecule has 0 saturated heterocycles. The van der Waals surface area contributed by atoms with Crippen LogP contribution >= 0.6 is 0 Å². The molecule has 1 amide bonds. The normalized spacial score (nSPS) is 13.5. The van der Waals surface area contributed by atoms with Crippen LogP contribution in [0.4, 0.5) is 5.69 Å². The summed E-state index contributed by atoms with van der Waals surface area (Å²) in [5.74, 6) is 2.27. The van der Waals surface area contributed by atoms with Gasteiger partial charge in [0.15, 0.2) is 17.5 Å². The number of benzene rings is 2.